The van der Waals surface area contributed by atoms with Crippen molar-refractivity contribution in [2.24, 2.45) is 0 Å². The highest BCUT2D eigenvalue weighted by atomic mass is 16.5. The number of methoxy groups -OCH3 is 1. The molecule has 0 bridgehead atoms. The summed E-state index contributed by atoms with van der Waals surface area (Å²) in [6, 6.07) is 6.34. The molecule has 0 saturated carbocycles. The molecule has 0 radical (unpaired) electrons. The van der Waals surface area contributed by atoms with Gasteiger partial charge in [-0.15, -0.1) is 0 Å². The third kappa shape index (κ3) is 4.72. The van der Waals surface area contributed by atoms with E-state index in [0.29, 0.717) is 11.3 Å². The summed E-state index contributed by atoms with van der Waals surface area (Å²) in [5.74, 6) is -0.772. The summed E-state index contributed by atoms with van der Waals surface area (Å²) in [4.78, 5) is 35.7. The van der Waals surface area contributed by atoms with Crippen LogP contribution in [0.2, 0.25) is 0 Å². The second-order valence-corrected chi connectivity index (χ2v) is 4.41. The summed E-state index contributed by atoms with van der Waals surface area (Å²) in [6.07, 6.45) is 0.287. The predicted molar refractivity (Wildman–Crippen MR) is 74.3 cm³/mol. The fourth-order valence-electron chi connectivity index (χ4n) is 1.48. The Morgan fingerprint density at radius 3 is 2.20 bits per heavy atom. The van der Waals surface area contributed by atoms with Gasteiger partial charge in [0.25, 0.3) is 0 Å². The van der Waals surface area contributed by atoms with Gasteiger partial charge in [-0.1, -0.05) is 0 Å². The zero-order valence-electron chi connectivity index (χ0n) is 11.8. The van der Waals surface area contributed by atoms with Crippen molar-refractivity contribution in [3.8, 4) is 0 Å². The van der Waals surface area contributed by atoms with E-state index in [-0.39, 0.29) is 24.7 Å². The van der Waals surface area contributed by atoms with Crippen LogP contribution in [-0.4, -0.2) is 43.9 Å². The predicted octanol–water partition coefficient (Wildman–Crippen LogP) is 1.28. The minimum atomic E-state index is -0.431. The number of rotatable bonds is 5. The van der Waals surface area contributed by atoms with Gasteiger partial charge in [-0.25, -0.2) is 4.79 Å². The summed E-state index contributed by atoms with van der Waals surface area (Å²) >= 11 is 0. The van der Waals surface area contributed by atoms with Crippen molar-refractivity contribution in [2.45, 2.75) is 12.8 Å². The Kier molecular flexibility index (Phi) is 5.71. The first-order valence-electron chi connectivity index (χ1n) is 6.12. The van der Waals surface area contributed by atoms with Crippen molar-refractivity contribution in [2.75, 3.05) is 26.5 Å². The van der Waals surface area contributed by atoms with E-state index in [2.05, 4.69) is 10.1 Å². The quantitative estimate of drug-likeness (QED) is 0.823. The molecule has 0 aliphatic rings. The Morgan fingerprint density at radius 2 is 1.70 bits per heavy atom. The van der Waals surface area contributed by atoms with Crippen molar-refractivity contribution in [1.29, 1.82) is 0 Å². The van der Waals surface area contributed by atoms with Crippen molar-refractivity contribution >= 4 is 23.5 Å². The number of ether oxygens (including phenoxy) is 1. The van der Waals surface area contributed by atoms with Crippen LogP contribution in [0.5, 0.6) is 0 Å². The van der Waals surface area contributed by atoms with Gasteiger partial charge in [0.2, 0.25) is 11.8 Å². The number of nitrogens with zero attached hydrogens (tertiary/aromatic N) is 1. The lowest BCUT2D eigenvalue weighted by Crippen LogP contribution is -2.23. The van der Waals surface area contributed by atoms with Crippen LogP contribution in [0.4, 0.5) is 5.69 Å². The maximum atomic E-state index is 11.6. The molecule has 1 N–H and O–H groups in total. The van der Waals surface area contributed by atoms with E-state index in [9.17, 15) is 14.4 Å². The van der Waals surface area contributed by atoms with Gasteiger partial charge in [0.15, 0.2) is 0 Å². The number of benzene rings is 1. The number of nitrogens with one attached hydrogen (secondary N) is 1. The van der Waals surface area contributed by atoms with E-state index >= 15 is 0 Å². The minimum Gasteiger partial charge on any atom is -0.465 e. The highest BCUT2D eigenvalue weighted by molar-refractivity contribution is 5.94. The van der Waals surface area contributed by atoms with E-state index in [1.54, 1.807) is 38.4 Å². The van der Waals surface area contributed by atoms with Gasteiger partial charge in [0.05, 0.1) is 12.7 Å². The molecule has 20 heavy (non-hydrogen) atoms. The first-order valence-corrected chi connectivity index (χ1v) is 6.12. The third-order valence-electron chi connectivity index (χ3n) is 2.65. The maximum absolute atomic E-state index is 11.6. The Bertz CT molecular complexity index is 494. The van der Waals surface area contributed by atoms with Crippen LogP contribution in [0, 0.1) is 0 Å². The molecule has 0 heterocycles. The molecule has 0 aliphatic carbocycles. The number of carbonyl (C=O) groups is 3. The highest BCUT2D eigenvalue weighted by Crippen LogP contribution is 2.11. The first kappa shape index (κ1) is 15.7. The summed E-state index contributed by atoms with van der Waals surface area (Å²) in [7, 11) is 4.59. The van der Waals surface area contributed by atoms with Crippen molar-refractivity contribution < 1.29 is 19.1 Å². The molecule has 1 rings (SSSR count). The Labute approximate surface area is 117 Å². The number of amides is 2. The molecule has 0 aromatic heterocycles. The van der Waals surface area contributed by atoms with Gasteiger partial charge in [-0.2, -0.15) is 0 Å². The first-order chi connectivity index (χ1) is 9.43. The second kappa shape index (κ2) is 7.28. The molecule has 0 fully saturated rings. The number of hydrogen-bond acceptors (Lipinski definition) is 4. The lowest BCUT2D eigenvalue weighted by Gasteiger charge is -2.10. The van der Waals surface area contributed by atoms with E-state index in [0.717, 1.165) is 0 Å². The molecule has 0 spiro atoms. The van der Waals surface area contributed by atoms with Crippen LogP contribution in [0.15, 0.2) is 24.3 Å². The molecule has 6 heteroatoms. The SMILES string of the molecule is COC(=O)c1ccc(NC(=O)CCC(=O)N(C)C)cc1. The summed E-state index contributed by atoms with van der Waals surface area (Å²) in [5.41, 5.74) is 0.980. The van der Waals surface area contributed by atoms with E-state index in [4.69, 9.17) is 0 Å². The Balaban J connectivity index is 2.50. The normalized spacial score (nSPS) is 9.75. The van der Waals surface area contributed by atoms with E-state index in [1.807, 2.05) is 0 Å². The highest BCUT2D eigenvalue weighted by Gasteiger charge is 2.09. The monoisotopic (exact) mass is 278 g/mol. The van der Waals surface area contributed by atoms with Crippen LogP contribution in [0.25, 0.3) is 0 Å². The zero-order chi connectivity index (χ0) is 15.1. The van der Waals surface area contributed by atoms with Gasteiger partial charge < -0.3 is 15.0 Å². The number of hydrogen-bond donors (Lipinski definition) is 1. The minimum absolute atomic E-state index is 0.0961. The molecule has 0 aliphatic heterocycles. The van der Waals surface area contributed by atoms with Crippen LogP contribution < -0.4 is 5.32 Å². The van der Waals surface area contributed by atoms with Gasteiger partial charge in [0, 0.05) is 32.6 Å². The second-order valence-electron chi connectivity index (χ2n) is 4.41. The van der Waals surface area contributed by atoms with Gasteiger partial charge in [-0.3, -0.25) is 9.59 Å². The Morgan fingerprint density at radius 1 is 1.10 bits per heavy atom. The zero-order valence-corrected chi connectivity index (χ0v) is 11.8. The maximum Gasteiger partial charge on any atom is 0.337 e. The van der Waals surface area contributed by atoms with Crippen LogP contribution in [0.3, 0.4) is 0 Å². The number of carbonyl (C=O) groups excluding carboxylic acids is 3. The van der Waals surface area contributed by atoms with Gasteiger partial charge in [-0.05, 0) is 24.3 Å². The van der Waals surface area contributed by atoms with Crippen LogP contribution in [-0.2, 0) is 14.3 Å². The largest absolute Gasteiger partial charge is 0.465 e. The standard InChI is InChI=1S/C14H18N2O4/c1-16(2)13(18)9-8-12(17)15-11-6-4-10(5-7-11)14(19)20-3/h4-7H,8-9H2,1-3H3,(H,15,17). The van der Waals surface area contributed by atoms with Gasteiger partial charge in [0.1, 0.15) is 0 Å². The number of esters is 1. The molecule has 0 saturated heterocycles. The van der Waals surface area contributed by atoms with E-state index < -0.39 is 5.97 Å². The molecular formula is C14H18N2O4. The molecular weight excluding hydrogens is 260 g/mol. The summed E-state index contributed by atoms with van der Waals surface area (Å²) < 4.78 is 4.58. The van der Waals surface area contributed by atoms with Crippen molar-refractivity contribution in [1.82, 2.24) is 4.90 Å². The third-order valence-corrected chi connectivity index (χ3v) is 2.65. The topological polar surface area (TPSA) is 75.7 Å². The molecule has 0 atom stereocenters. The Hall–Kier alpha value is -2.37. The van der Waals surface area contributed by atoms with Crippen molar-refractivity contribution in [3.63, 3.8) is 0 Å². The average molecular weight is 278 g/mol. The number of anilines is 1. The fourth-order valence-corrected chi connectivity index (χ4v) is 1.48. The van der Waals surface area contributed by atoms with Crippen molar-refractivity contribution in [3.05, 3.63) is 29.8 Å². The van der Waals surface area contributed by atoms with Crippen LogP contribution in [0.1, 0.15) is 23.2 Å². The fraction of sp³-hybridized carbons (Fsp3) is 0.357. The molecule has 108 valence electrons. The summed E-state index contributed by atoms with van der Waals surface area (Å²) in [6.45, 7) is 0. The van der Waals surface area contributed by atoms with E-state index in [1.165, 1.54) is 12.0 Å². The van der Waals surface area contributed by atoms with Gasteiger partial charge >= 0.3 is 5.97 Å². The molecule has 1 aromatic carbocycles. The lowest BCUT2D eigenvalue weighted by molar-refractivity contribution is -0.130. The lowest BCUT2D eigenvalue weighted by atomic mass is 10.2. The summed E-state index contributed by atoms with van der Waals surface area (Å²) in [5, 5.41) is 2.66. The molecule has 0 unspecified atom stereocenters. The molecule has 1 aromatic rings. The average Bonchev–Trinajstić information content (AvgIpc) is 2.44. The molecule has 2 amide bonds. The smallest absolute Gasteiger partial charge is 0.337 e. The molecule has 6 nitrogen and oxygen atoms in total. The van der Waals surface area contributed by atoms with Crippen LogP contribution >= 0.6 is 0 Å².